The van der Waals surface area contributed by atoms with E-state index in [0.717, 1.165) is 45.1 Å². The third-order valence-electron chi connectivity index (χ3n) is 4.72. The van der Waals surface area contributed by atoms with Crippen molar-refractivity contribution in [3.63, 3.8) is 0 Å². The number of thiazole rings is 1. The van der Waals surface area contributed by atoms with Crippen molar-refractivity contribution in [2.24, 2.45) is 0 Å². The second-order valence-corrected chi connectivity index (χ2v) is 9.38. The lowest BCUT2D eigenvalue weighted by Crippen LogP contribution is -2.07. The van der Waals surface area contributed by atoms with E-state index in [1.54, 1.807) is 23.1 Å². The molecule has 0 aliphatic rings. The van der Waals surface area contributed by atoms with Gasteiger partial charge in [0, 0.05) is 23.2 Å². The number of benzene rings is 2. The summed E-state index contributed by atoms with van der Waals surface area (Å²) in [4.78, 5) is 4.79. The Balaban J connectivity index is 1.42. The highest BCUT2D eigenvalue weighted by Crippen LogP contribution is 2.29. The molecule has 160 valence electrons. The number of rotatable bonds is 8. The number of hydrogen-bond acceptors (Lipinski definition) is 6. The fourth-order valence-corrected chi connectivity index (χ4v) is 5.14. The molecule has 0 spiro atoms. The van der Waals surface area contributed by atoms with E-state index in [0.29, 0.717) is 17.4 Å². The predicted molar refractivity (Wildman–Crippen MR) is 128 cm³/mol. The third-order valence-corrected chi connectivity index (χ3v) is 6.97. The maximum absolute atomic E-state index is 6.24. The van der Waals surface area contributed by atoms with Crippen LogP contribution in [0.2, 0.25) is 5.02 Å². The largest absolute Gasteiger partial charge is 0.484 e. The number of aryl methyl sites for hydroxylation is 2. The molecule has 2 aromatic carbocycles. The molecule has 0 amide bonds. The summed E-state index contributed by atoms with van der Waals surface area (Å²) >= 11 is 9.54. The second-order valence-electron chi connectivity index (χ2n) is 7.17. The van der Waals surface area contributed by atoms with Crippen molar-refractivity contribution >= 4 is 34.7 Å². The summed E-state index contributed by atoms with van der Waals surface area (Å²) in [6, 6.07) is 14.2. The molecule has 31 heavy (non-hydrogen) atoms. The Hall–Kier alpha value is -2.35. The van der Waals surface area contributed by atoms with E-state index in [1.165, 1.54) is 5.56 Å². The van der Waals surface area contributed by atoms with Crippen molar-refractivity contribution in [3.8, 4) is 16.3 Å². The number of hydrogen-bond donors (Lipinski definition) is 0. The maximum Gasteiger partial charge on any atom is 0.191 e. The molecule has 0 bridgehead atoms. The molecule has 2 aromatic heterocycles. The Labute approximate surface area is 195 Å². The molecule has 8 heteroatoms. The van der Waals surface area contributed by atoms with Gasteiger partial charge in [-0.05, 0) is 44.5 Å². The van der Waals surface area contributed by atoms with Gasteiger partial charge in [-0.2, -0.15) is 0 Å². The van der Waals surface area contributed by atoms with E-state index in [2.05, 4.69) is 58.3 Å². The minimum atomic E-state index is 0.318. The summed E-state index contributed by atoms with van der Waals surface area (Å²) in [5, 5.41) is 13.3. The van der Waals surface area contributed by atoms with E-state index in [-0.39, 0.29) is 0 Å². The fraction of sp³-hybridized carbons (Fsp3) is 0.261. The third kappa shape index (κ3) is 5.29. The molecule has 5 nitrogen and oxygen atoms in total. The average Bonchev–Trinajstić information content (AvgIpc) is 3.39. The quantitative estimate of drug-likeness (QED) is 0.273. The zero-order valence-electron chi connectivity index (χ0n) is 17.6. The smallest absolute Gasteiger partial charge is 0.191 e. The molecule has 0 fully saturated rings. The molecule has 2 heterocycles. The second kappa shape index (κ2) is 9.85. The van der Waals surface area contributed by atoms with Gasteiger partial charge in [0.25, 0.3) is 0 Å². The van der Waals surface area contributed by atoms with Gasteiger partial charge in [-0.1, -0.05) is 53.2 Å². The number of halogens is 1. The van der Waals surface area contributed by atoms with Crippen molar-refractivity contribution in [3.05, 3.63) is 75.5 Å². The van der Waals surface area contributed by atoms with Crippen LogP contribution in [0.3, 0.4) is 0 Å². The van der Waals surface area contributed by atoms with Gasteiger partial charge in [0.1, 0.15) is 17.4 Å². The first-order chi connectivity index (χ1) is 15.0. The van der Waals surface area contributed by atoms with Crippen molar-refractivity contribution in [2.75, 3.05) is 0 Å². The van der Waals surface area contributed by atoms with Crippen LogP contribution >= 0.6 is 34.7 Å². The molecule has 0 N–H and O–H groups in total. The Bertz CT molecular complexity index is 1190. The molecule has 0 aliphatic carbocycles. The van der Waals surface area contributed by atoms with Gasteiger partial charge in [-0.15, -0.1) is 21.5 Å². The first-order valence-corrected chi connectivity index (χ1v) is 12.2. The van der Waals surface area contributed by atoms with Gasteiger partial charge in [-0.3, -0.25) is 0 Å². The van der Waals surface area contributed by atoms with Crippen LogP contribution < -0.4 is 4.74 Å². The van der Waals surface area contributed by atoms with Gasteiger partial charge in [0.05, 0.1) is 10.7 Å². The number of ether oxygens (including phenoxy) is 1. The zero-order chi connectivity index (χ0) is 21.8. The van der Waals surface area contributed by atoms with Gasteiger partial charge >= 0.3 is 0 Å². The normalized spacial score (nSPS) is 11.1. The Morgan fingerprint density at radius 1 is 1.10 bits per heavy atom. The average molecular weight is 471 g/mol. The standard InChI is InChI=1S/C23H23ClN4OS2/c1-4-28-21(12-29-20-11-16(3)8-9-19(20)24)26-27-23(28)31-14-18-13-30-22(25-18)17-7-5-6-15(2)10-17/h5-11,13H,4,12,14H2,1-3H3. The highest BCUT2D eigenvalue weighted by Gasteiger charge is 2.14. The van der Waals surface area contributed by atoms with E-state index >= 15 is 0 Å². The zero-order valence-corrected chi connectivity index (χ0v) is 20.0. The lowest BCUT2D eigenvalue weighted by Gasteiger charge is -2.10. The predicted octanol–water partition coefficient (Wildman–Crippen LogP) is 6.56. The van der Waals surface area contributed by atoms with Crippen LogP contribution in [0, 0.1) is 13.8 Å². The Morgan fingerprint density at radius 2 is 1.94 bits per heavy atom. The van der Waals surface area contributed by atoms with Crippen LogP contribution in [-0.2, 0) is 18.9 Å². The summed E-state index contributed by atoms with van der Waals surface area (Å²) in [6.45, 7) is 7.27. The van der Waals surface area contributed by atoms with Gasteiger partial charge < -0.3 is 9.30 Å². The van der Waals surface area contributed by atoms with Crippen molar-refractivity contribution in [1.82, 2.24) is 19.7 Å². The van der Waals surface area contributed by atoms with E-state index < -0.39 is 0 Å². The summed E-state index contributed by atoms with van der Waals surface area (Å²) in [5.41, 5.74) is 4.54. The summed E-state index contributed by atoms with van der Waals surface area (Å²) in [7, 11) is 0. The first kappa shape index (κ1) is 21.9. The van der Waals surface area contributed by atoms with Crippen molar-refractivity contribution < 1.29 is 4.74 Å². The molecular formula is C23H23ClN4OS2. The summed E-state index contributed by atoms with van der Waals surface area (Å²) in [6.07, 6.45) is 0. The number of nitrogens with zero attached hydrogens (tertiary/aromatic N) is 4. The van der Waals surface area contributed by atoms with Gasteiger partial charge in [0.15, 0.2) is 11.0 Å². The minimum Gasteiger partial charge on any atom is -0.484 e. The molecule has 0 atom stereocenters. The maximum atomic E-state index is 6.24. The van der Waals surface area contributed by atoms with Crippen LogP contribution in [0.25, 0.3) is 10.6 Å². The monoisotopic (exact) mass is 470 g/mol. The molecule has 4 aromatic rings. The molecular weight excluding hydrogens is 448 g/mol. The molecule has 0 saturated carbocycles. The molecule has 0 radical (unpaired) electrons. The van der Waals surface area contributed by atoms with Crippen LogP contribution in [0.4, 0.5) is 0 Å². The molecule has 0 saturated heterocycles. The summed E-state index contributed by atoms with van der Waals surface area (Å²) < 4.78 is 7.98. The lowest BCUT2D eigenvalue weighted by atomic mass is 10.1. The Morgan fingerprint density at radius 3 is 2.74 bits per heavy atom. The van der Waals surface area contributed by atoms with E-state index in [1.807, 2.05) is 25.1 Å². The highest BCUT2D eigenvalue weighted by molar-refractivity contribution is 7.98. The first-order valence-electron chi connectivity index (χ1n) is 9.98. The SMILES string of the molecule is CCn1c(COc2cc(C)ccc2Cl)nnc1SCc1csc(-c2cccc(C)c2)n1. The Kier molecular flexibility index (Phi) is 6.95. The number of aromatic nitrogens is 4. The number of thioether (sulfide) groups is 1. The molecule has 4 rings (SSSR count). The van der Waals surface area contributed by atoms with Crippen molar-refractivity contribution in [1.29, 1.82) is 0 Å². The topological polar surface area (TPSA) is 52.8 Å². The van der Waals surface area contributed by atoms with E-state index in [9.17, 15) is 0 Å². The summed E-state index contributed by atoms with van der Waals surface area (Å²) in [5.74, 6) is 2.18. The van der Waals surface area contributed by atoms with Gasteiger partial charge in [-0.25, -0.2) is 4.98 Å². The van der Waals surface area contributed by atoms with Crippen LogP contribution in [0.1, 0.15) is 29.6 Å². The van der Waals surface area contributed by atoms with Crippen LogP contribution in [-0.4, -0.2) is 19.7 Å². The van der Waals surface area contributed by atoms with Crippen LogP contribution in [0.5, 0.6) is 5.75 Å². The molecule has 0 unspecified atom stereocenters. The minimum absolute atomic E-state index is 0.318. The molecule has 0 aliphatic heterocycles. The fourth-order valence-electron chi connectivity index (χ4n) is 3.14. The van der Waals surface area contributed by atoms with E-state index in [4.69, 9.17) is 21.3 Å². The van der Waals surface area contributed by atoms with Crippen molar-refractivity contribution in [2.45, 2.75) is 44.8 Å². The highest BCUT2D eigenvalue weighted by atomic mass is 35.5. The lowest BCUT2D eigenvalue weighted by molar-refractivity contribution is 0.288. The van der Waals surface area contributed by atoms with Gasteiger partial charge in [0.2, 0.25) is 0 Å². The van der Waals surface area contributed by atoms with Crippen LogP contribution in [0.15, 0.2) is 53.0 Å².